The highest BCUT2D eigenvalue weighted by Gasteiger charge is 2.40. The first kappa shape index (κ1) is 19.0. The minimum Gasteiger partial charge on any atom is -0.463 e. The Kier molecular flexibility index (Phi) is 5.96. The fourth-order valence-electron chi connectivity index (χ4n) is 2.87. The van der Waals surface area contributed by atoms with Crippen molar-refractivity contribution in [3.05, 3.63) is 62.7 Å². The average molecular weight is 357 g/mol. The van der Waals surface area contributed by atoms with E-state index in [1.807, 2.05) is 13.0 Å². The molecule has 1 aromatic carbocycles. The van der Waals surface area contributed by atoms with Gasteiger partial charge in [-0.05, 0) is 13.3 Å². The molecule has 0 aromatic heterocycles. The maximum absolute atomic E-state index is 12.6. The Labute approximate surface area is 150 Å². The molecule has 136 valence electrons. The average Bonchev–Trinajstić information content (AvgIpc) is 2.61. The van der Waals surface area contributed by atoms with Crippen LogP contribution in [-0.2, 0) is 14.3 Å². The first-order valence-corrected chi connectivity index (χ1v) is 8.17. The van der Waals surface area contributed by atoms with Gasteiger partial charge in [0.1, 0.15) is 17.4 Å². The number of nitro groups is 1. The van der Waals surface area contributed by atoms with Crippen molar-refractivity contribution in [2.75, 3.05) is 6.61 Å². The zero-order valence-corrected chi connectivity index (χ0v) is 14.5. The van der Waals surface area contributed by atoms with Crippen molar-refractivity contribution in [2.24, 2.45) is 5.73 Å². The third kappa shape index (κ3) is 3.52. The van der Waals surface area contributed by atoms with Crippen LogP contribution >= 0.6 is 0 Å². The second kappa shape index (κ2) is 8.16. The molecule has 8 heteroatoms. The fraction of sp³-hybridized carbons (Fsp3) is 0.333. The summed E-state index contributed by atoms with van der Waals surface area (Å²) < 4.78 is 10.6. The van der Waals surface area contributed by atoms with Gasteiger partial charge in [0.2, 0.25) is 5.88 Å². The number of allylic oxidation sites excluding steroid dienone is 2. The number of hydrogen-bond donors (Lipinski definition) is 1. The highest BCUT2D eigenvalue weighted by atomic mass is 16.6. The van der Waals surface area contributed by atoms with E-state index in [-0.39, 0.29) is 40.6 Å². The van der Waals surface area contributed by atoms with Crippen molar-refractivity contribution in [1.82, 2.24) is 0 Å². The summed E-state index contributed by atoms with van der Waals surface area (Å²) in [4.78, 5) is 23.5. The summed E-state index contributed by atoms with van der Waals surface area (Å²) >= 11 is 0. The molecule has 1 aliphatic heterocycles. The van der Waals surface area contributed by atoms with Gasteiger partial charge in [0.25, 0.3) is 5.69 Å². The molecular weight excluding hydrogens is 338 g/mol. The van der Waals surface area contributed by atoms with E-state index in [9.17, 15) is 20.2 Å². The van der Waals surface area contributed by atoms with E-state index in [2.05, 4.69) is 0 Å². The van der Waals surface area contributed by atoms with Gasteiger partial charge in [-0.25, -0.2) is 4.79 Å². The predicted octanol–water partition coefficient (Wildman–Crippen LogP) is 3.02. The number of nitrogens with zero attached hydrogens (tertiary/aromatic N) is 2. The summed E-state index contributed by atoms with van der Waals surface area (Å²) in [6.07, 6.45) is 1.03. The number of nitro benzene ring substituents is 1. The number of carbonyl (C=O) groups excluding carboxylic acids is 1. The van der Waals surface area contributed by atoms with E-state index in [0.29, 0.717) is 12.8 Å². The van der Waals surface area contributed by atoms with Crippen molar-refractivity contribution in [2.45, 2.75) is 32.6 Å². The molecule has 0 bridgehead atoms. The molecule has 0 radical (unpaired) electrons. The van der Waals surface area contributed by atoms with Gasteiger partial charge >= 0.3 is 5.97 Å². The number of nitrogens with two attached hydrogens (primary N) is 1. The lowest BCUT2D eigenvalue weighted by molar-refractivity contribution is -0.385. The van der Waals surface area contributed by atoms with Crippen LogP contribution < -0.4 is 5.73 Å². The van der Waals surface area contributed by atoms with E-state index in [4.69, 9.17) is 15.2 Å². The molecule has 0 spiro atoms. The van der Waals surface area contributed by atoms with Gasteiger partial charge in [-0.1, -0.05) is 25.1 Å². The van der Waals surface area contributed by atoms with E-state index in [1.54, 1.807) is 13.0 Å². The quantitative estimate of drug-likeness (QED) is 0.470. The van der Waals surface area contributed by atoms with E-state index in [1.165, 1.54) is 18.2 Å². The molecule has 2 N–H and O–H groups in total. The molecule has 2 rings (SSSR count). The van der Waals surface area contributed by atoms with Crippen LogP contribution in [0.3, 0.4) is 0 Å². The lowest BCUT2D eigenvalue weighted by Crippen LogP contribution is -2.26. The molecule has 0 aliphatic carbocycles. The second-order valence-electron chi connectivity index (χ2n) is 5.55. The minimum absolute atomic E-state index is 0.0535. The topological polar surface area (TPSA) is 128 Å². The van der Waals surface area contributed by atoms with Crippen LogP contribution in [0.15, 0.2) is 47.1 Å². The molecular formula is C18H19N3O5. The van der Waals surface area contributed by atoms with Crippen molar-refractivity contribution < 1.29 is 19.2 Å². The summed E-state index contributed by atoms with van der Waals surface area (Å²) in [5.41, 5.74) is 5.88. The zero-order chi connectivity index (χ0) is 19.3. The van der Waals surface area contributed by atoms with Gasteiger partial charge in [0.15, 0.2) is 0 Å². The summed E-state index contributed by atoms with van der Waals surface area (Å²) in [5.74, 6) is -1.59. The van der Waals surface area contributed by atoms with Gasteiger partial charge in [0.05, 0.1) is 23.0 Å². The molecule has 1 aliphatic rings. The van der Waals surface area contributed by atoms with Crippen LogP contribution in [0.1, 0.15) is 38.2 Å². The number of carbonyl (C=O) groups is 1. The second-order valence-corrected chi connectivity index (χ2v) is 5.55. The Hall–Kier alpha value is -3.34. The Bertz CT molecular complexity index is 835. The van der Waals surface area contributed by atoms with Crippen molar-refractivity contribution in [1.29, 1.82) is 5.26 Å². The normalized spacial score (nSPS) is 16.7. The molecule has 0 amide bonds. The van der Waals surface area contributed by atoms with Gasteiger partial charge in [0, 0.05) is 18.1 Å². The van der Waals surface area contributed by atoms with Crippen molar-refractivity contribution in [3.8, 4) is 6.07 Å². The SMILES string of the molecule is CCCC1=C(C(=O)OCC)C(c2ccccc2[N+](=O)[O-])C(C#N)=C(N)O1. The Morgan fingerprint density at radius 1 is 1.42 bits per heavy atom. The van der Waals surface area contributed by atoms with Gasteiger partial charge in [-0.2, -0.15) is 5.26 Å². The van der Waals surface area contributed by atoms with Crippen molar-refractivity contribution in [3.63, 3.8) is 0 Å². The van der Waals surface area contributed by atoms with Gasteiger partial charge in [-0.3, -0.25) is 10.1 Å². The number of hydrogen-bond acceptors (Lipinski definition) is 7. The van der Waals surface area contributed by atoms with Crippen LogP contribution in [-0.4, -0.2) is 17.5 Å². The highest BCUT2D eigenvalue weighted by molar-refractivity contribution is 5.93. The number of benzene rings is 1. The molecule has 1 aromatic rings. The van der Waals surface area contributed by atoms with Crippen LogP contribution in [0.4, 0.5) is 5.69 Å². The van der Waals surface area contributed by atoms with Gasteiger partial charge < -0.3 is 15.2 Å². The first-order chi connectivity index (χ1) is 12.5. The van der Waals surface area contributed by atoms with Crippen LogP contribution in [0, 0.1) is 21.4 Å². The minimum atomic E-state index is -1.02. The number of rotatable bonds is 6. The third-order valence-electron chi connectivity index (χ3n) is 3.91. The predicted molar refractivity (Wildman–Crippen MR) is 92.3 cm³/mol. The van der Waals surface area contributed by atoms with Crippen LogP contribution in [0.2, 0.25) is 0 Å². The molecule has 0 saturated carbocycles. The molecule has 1 heterocycles. The third-order valence-corrected chi connectivity index (χ3v) is 3.91. The molecule has 1 unspecified atom stereocenters. The van der Waals surface area contributed by atoms with E-state index >= 15 is 0 Å². The number of para-hydroxylation sites is 1. The molecule has 8 nitrogen and oxygen atoms in total. The van der Waals surface area contributed by atoms with E-state index in [0.717, 1.165) is 0 Å². The maximum Gasteiger partial charge on any atom is 0.338 e. The Balaban J connectivity index is 2.77. The number of ether oxygens (including phenoxy) is 2. The summed E-state index contributed by atoms with van der Waals surface area (Å²) in [6.45, 7) is 3.66. The summed E-state index contributed by atoms with van der Waals surface area (Å²) in [5, 5.41) is 21.0. The lowest BCUT2D eigenvalue weighted by atomic mass is 9.81. The monoisotopic (exact) mass is 357 g/mol. The van der Waals surface area contributed by atoms with E-state index < -0.39 is 16.8 Å². The van der Waals surface area contributed by atoms with Crippen molar-refractivity contribution >= 4 is 11.7 Å². The maximum atomic E-state index is 12.6. The molecule has 26 heavy (non-hydrogen) atoms. The molecule has 0 saturated heterocycles. The first-order valence-electron chi connectivity index (χ1n) is 8.17. The molecule has 1 atom stereocenters. The standard InChI is InChI=1S/C18H19N3O5/c1-3-7-14-16(18(22)25-4-2)15(12(10-19)17(20)26-14)11-8-5-6-9-13(11)21(23)24/h5-6,8-9,15H,3-4,7,20H2,1-2H3. The lowest BCUT2D eigenvalue weighted by Gasteiger charge is -2.27. The molecule has 0 fully saturated rings. The van der Waals surface area contributed by atoms with Crippen LogP contribution in [0.25, 0.3) is 0 Å². The number of nitriles is 1. The fourth-order valence-corrected chi connectivity index (χ4v) is 2.87. The summed E-state index contributed by atoms with van der Waals surface area (Å²) in [6, 6.07) is 7.86. The smallest absolute Gasteiger partial charge is 0.338 e. The Morgan fingerprint density at radius 3 is 2.69 bits per heavy atom. The highest BCUT2D eigenvalue weighted by Crippen LogP contribution is 2.43. The summed E-state index contributed by atoms with van der Waals surface area (Å²) in [7, 11) is 0. The zero-order valence-electron chi connectivity index (χ0n) is 14.5. The van der Waals surface area contributed by atoms with Gasteiger partial charge in [-0.15, -0.1) is 0 Å². The largest absolute Gasteiger partial charge is 0.463 e. The van der Waals surface area contributed by atoms with Crippen LogP contribution in [0.5, 0.6) is 0 Å². The Morgan fingerprint density at radius 2 is 2.12 bits per heavy atom. The number of esters is 1.